The van der Waals surface area contributed by atoms with E-state index in [4.69, 9.17) is 0 Å². The van der Waals surface area contributed by atoms with Crippen LogP contribution in [-0.2, 0) is 23.1 Å². The molecule has 3 aromatic rings. The summed E-state index contributed by atoms with van der Waals surface area (Å²) >= 11 is 0. The van der Waals surface area contributed by atoms with Crippen molar-refractivity contribution in [2.45, 2.75) is 13.1 Å². The van der Waals surface area contributed by atoms with E-state index in [0.29, 0.717) is 6.54 Å². The fraction of sp³-hybridized carbons (Fsp3) is 0.150. The number of nitrogens with zero attached hydrogens (tertiary/aromatic N) is 3. The third-order valence-corrected chi connectivity index (χ3v) is 5.42. The van der Waals surface area contributed by atoms with Gasteiger partial charge in [-0.3, -0.25) is 4.68 Å². The van der Waals surface area contributed by atoms with Crippen molar-refractivity contribution in [1.29, 1.82) is 0 Å². The molecule has 2 aromatic carbocycles. The van der Waals surface area contributed by atoms with E-state index in [1.165, 1.54) is 9.71 Å². The highest BCUT2D eigenvalue weighted by Crippen LogP contribution is 2.11. The Morgan fingerprint density at radius 3 is 2.35 bits per heavy atom. The Morgan fingerprint density at radius 2 is 1.65 bits per heavy atom. The van der Waals surface area contributed by atoms with Gasteiger partial charge < -0.3 is 0 Å². The summed E-state index contributed by atoms with van der Waals surface area (Å²) in [7, 11) is -1.92. The van der Waals surface area contributed by atoms with E-state index in [-0.39, 0.29) is 6.54 Å². The molecule has 1 aromatic heterocycles. The second kappa shape index (κ2) is 8.12. The molecule has 0 saturated heterocycles. The highest BCUT2D eigenvalue weighted by Gasteiger charge is 2.15. The van der Waals surface area contributed by atoms with Crippen molar-refractivity contribution in [3.8, 4) is 0 Å². The molecule has 0 bridgehead atoms. The molecule has 3 rings (SSSR count). The molecule has 6 heteroatoms. The van der Waals surface area contributed by atoms with E-state index < -0.39 is 10.0 Å². The molecule has 0 unspecified atom stereocenters. The van der Waals surface area contributed by atoms with Gasteiger partial charge in [0.05, 0.1) is 12.7 Å². The lowest BCUT2D eigenvalue weighted by Gasteiger charge is -2.13. The molecule has 0 N–H and O–H groups in total. The van der Waals surface area contributed by atoms with Crippen molar-refractivity contribution >= 4 is 16.1 Å². The zero-order valence-corrected chi connectivity index (χ0v) is 15.4. The van der Waals surface area contributed by atoms with Gasteiger partial charge in [0.1, 0.15) is 0 Å². The second-order valence-corrected chi connectivity index (χ2v) is 7.97. The van der Waals surface area contributed by atoms with Crippen molar-refractivity contribution in [3.63, 3.8) is 0 Å². The molecule has 0 aliphatic rings. The van der Waals surface area contributed by atoms with Crippen LogP contribution in [0.25, 0.3) is 6.08 Å². The van der Waals surface area contributed by atoms with Gasteiger partial charge in [0.15, 0.2) is 0 Å². The fourth-order valence-electron chi connectivity index (χ4n) is 2.52. The van der Waals surface area contributed by atoms with Crippen LogP contribution in [0.4, 0.5) is 0 Å². The molecular weight excluding hydrogens is 346 g/mol. The Morgan fingerprint density at radius 1 is 1.00 bits per heavy atom. The molecule has 26 heavy (non-hydrogen) atoms. The Labute approximate surface area is 154 Å². The van der Waals surface area contributed by atoms with Crippen LogP contribution in [-0.4, -0.2) is 29.6 Å². The lowest BCUT2D eigenvalue weighted by molar-refractivity contribution is 0.475. The highest BCUT2D eigenvalue weighted by atomic mass is 32.2. The fourth-order valence-corrected chi connectivity index (χ4v) is 3.39. The molecule has 0 spiro atoms. The minimum Gasteiger partial charge on any atom is -0.268 e. The SMILES string of the molecule is CN(Cc1cnn(Cc2ccccc2)c1)S(=O)(=O)/C=C/c1ccccc1. The molecule has 0 fully saturated rings. The van der Waals surface area contributed by atoms with Crippen molar-refractivity contribution in [2.24, 2.45) is 0 Å². The van der Waals surface area contributed by atoms with E-state index in [9.17, 15) is 8.42 Å². The van der Waals surface area contributed by atoms with Gasteiger partial charge in [-0.15, -0.1) is 0 Å². The predicted molar refractivity (Wildman–Crippen MR) is 104 cm³/mol. The van der Waals surface area contributed by atoms with E-state index in [1.54, 1.807) is 19.3 Å². The van der Waals surface area contributed by atoms with Gasteiger partial charge in [-0.25, -0.2) is 8.42 Å². The van der Waals surface area contributed by atoms with E-state index >= 15 is 0 Å². The molecule has 0 radical (unpaired) electrons. The predicted octanol–water partition coefficient (Wildman–Crippen LogP) is 3.36. The summed E-state index contributed by atoms with van der Waals surface area (Å²) in [4.78, 5) is 0. The lowest BCUT2D eigenvalue weighted by Crippen LogP contribution is -2.24. The quantitative estimate of drug-likeness (QED) is 0.643. The van der Waals surface area contributed by atoms with Gasteiger partial charge in [0, 0.05) is 30.8 Å². The lowest BCUT2D eigenvalue weighted by atomic mass is 10.2. The summed E-state index contributed by atoms with van der Waals surface area (Å²) in [6.07, 6.45) is 5.18. The summed E-state index contributed by atoms with van der Waals surface area (Å²) < 4.78 is 28.0. The maximum absolute atomic E-state index is 12.4. The number of sulfonamides is 1. The van der Waals surface area contributed by atoms with Crippen molar-refractivity contribution in [2.75, 3.05) is 7.05 Å². The maximum Gasteiger partial charge on any atom is 0.236 e. The van der Waals surface area contributed by atoms with Gasteiger partial charge in [-0.05, 0) is 17.2 Å². The molecule has 134 valence electrons. The van der Waals surface area contributed by atoms with Crippen LogP contribution in [0.2, 0.25) is 0 Å². The normalized spacial score (nSPS) is 12.1. The average molecular weight is 367 g/mol. The Balaban J connectivity index is 1.64. The monoisotopic (exact) mass is 367 g/mol. The maximum atomic E-state index is 12.4. The van der Waals surface area contributed by atoms with E-state index in [0.717, 1.165) is 16.7 Å². The number of rotatable bonds is 7. The average Bonchev–Trinajstić information content (AvgIpc) is 3.08. The standard InChI is InChI=1S/C20H21N3O2S/c1-22(26(24,25)13-12-18-8-4-2-5-9-18)15-20-14-21-23(17-20)16-19-10-6-3-7-11-19/h2-14,17H,15-16H2,1H3/b13-12+. The Hall–Kier alpha value is -2.70. The smallest absolute Gasteiger partial charge is 0.236 e. The van der Waals surface area contributed by atoms with Gasteiger partial charge in [0.2, 0.25) is 10.0 Å². The first-order valence-corrected chi connectivity index (χ1v) is 9.78. The van der Waals surface area contributed by atoms with Crippen LogP contribution >= 0.6 is 0 Å². The summed E-state index contributed by atoms with van der Waals surface area (Å²) in [6, 6.07) is 19.4. The third kappa shape index (κ3) is 4.91. The molecule has 0 amide bonds. The summed E-state index contributed by atoms with van der Waals surface area (Å²) in [5.41, 5.74) is 2.84. The second-order valence-electron chi connectivity index (χ2n) is 6.05. The molecular formula is C20H21N3O2S. The van der Waals surface area contributed by atoms with Crippen LogP contribution in [0, 0.1) is 0 Å². The topological polar surface area (TPSA) is 55.2 Å². The number of hydrogen-bond donors (Lipinski definition) is 0. The van der Waals surface area contributed by atoms with Gasteiger partial charge >= 0.3 is 0 Å². The van der Waals surface area contributed by atoms with Crippen LogP contribution in [0.5, 0.6) is 0 Å². The Bertz CT molecular complexity index is 965. The number of benzene rings is 2. The van der Waals surface area contributed by atoms with Gasteiger partial charge in [-0.2, -0.15) is 9.40 Å². The number of aromatic nitrogens is 2. The Kier molecular flexibility index (Phi) is 5.65. The van der Waals surface area contributed by atoms with Crippen LogP contribution in [0.15, 0.2) is 78.5 Å². The van der Waals surface area contributed by atoms with Crippen LogP contribution in [0.1, 0.15) is 16.7 Å². The van der Waals surface area contributed by atoms with Crippen molar-refractivity contribution in [3.05, 3.63) is 95.2 Å². The molecule has 0 aliphatic carbocycles. The van der Waals surface area contributed by atoms with Crippen molar-refractivity contribution in [1.82, 2.24) is 14.1 Å². The summed E-state index contributed by atoms with van der Waals surface area (Å²) in [5.74, 6) is 0. The molecule has 1 heterocycles. The van der Waals surface area contributed by atoms with Crippen LogP contribution < -0.4 is 0 Å². The molecule has 0 saturated carbocycles. The first-order chi connectivity index (χ1) is 12.5. The zero-order valence-electron chi connectivity index (χ0n) is 14.6. The van der Waals surface area contributed by atoms with Gasteiger partial charge in [0.25, 0.3) is 0 Å². The first-order valence-electron chi connectivity index (χ1n) is 8.28. The molecule has 5 nitrogen and oxygen atoms in total. The summed E-state index contributed by atoms with van der Waals surface area (Å²) in [6.45, 7) is 0.932. The number of hydrogen-bond acceptors (Lipinski definition) is 3. The minimum atomic E-state index is -3.49. The van der Waals surface area contributed by atoms with E-state index in [1.807, 2.05) is 71.5 Å². The van der Waals surface area contributed by atoms with Crippen LogP contribution in [0.3, 0.4) is 0 Å². The largest absolute Gasteiger partial charge is 0.268 e. The van der Waals surface area contributed by atoms with Gasteiger partial charge in [-0.1, -0.05) is 60.7 Å². The minimum absolute atomic E-state index is 0.274. The van der Waals surface area contributed by atoms with Crippen molar-refractivity contribution < 1.29 is 8.42 Å². The van der Waals surface area contributed by atoms with E-state index in [2.05, 4.69) is 5.10 Å². The highest BCUT2D eigenvalue weighted by molar-refractivity contribution is 7.92. The zero-order chi connectivity index (χ0) is 18.4. The first kappa shape index (κ1) is 18.1. The summed E-state index contributed by atoms with van der Waals surface area (Å²) in [5, 5.41) is 5.55. The molecule has 0 atom stereocenters. The third-order valence-electron chi connectivity index (χ3n) is 3.95. The molecule has 0 aliphatic heterocycles.